The molecule has 3 aromatic rings. The van der Waals surface area contributed by atoms with Gasteiger partial charge in [0, 0.05) is 17.7 Å². The van der Waals surface area contributed by atoms with Gasteiger partial charge in [0.25, 0.3) is 5.69 Å². The molecule has 9 nitrogen and oxygen atoms in total. The lowest BCUT2D eigenvalue weighted by Gasteiger charge is -2.08. The number of nitriles is 1. The Labute approximate surface area is 153 Å². The number of esters is 1. The number of benzene rings is 2. The van der Waals surface area contributed by atoms with Crippen molar-refractivity contribution >= 4 is 11.7 Å². The fraction of sp³-hybridized carbons (Fsp3) is 0.111. The number of methoxy groups -OCH3 is 1. The Kier molecular flexibility index (Phi) is 4.90. The number of nitrogens with zero attached hydrogens (tertiary/aromatic N) is 5. The molecule has 2 aromatic carbocycles. The SMILES string of the molecule is COC(=O)Cc1ccccc1-n1nnc(-c2ccc([N+](=O)[O-])cc2)c1C#N. The highest BCUT2D eigenvalue weighted by atomic mass is 16.6. The van der Waals surface area contributed by atoms with E-state index >= 15 is 0 Å². The fourth-order valence-electron chi connectivity index (χ4n) is 2.58. The van der Waals surface area contributed by atoms with Gasteiger partial charge in [-0.3, -0.25) is 14.9 Å². The molecule has 9 heteroatoms. The molecular weight excluding hydrogens is 350 g/mol. The van der Waals surface area contributed by atoms with Crippen molar-refractivity contribution in [2.24, 2.45) is 0 Å². The molecule has 0 aliphatic rings. The zero-order valence-electron chi connectivity index (χ0n) is 14.2. The lowest BCUT2D eigenvalue weighted by molar-refractivity contribution is -0.384. The van der Waals surface area contributed by atoms with E-state index in [2.05, 4.69) is 16.4 Å². The van der Waals surface area contributed by atoms with E-state index in [9.17, 15) is 20.2 Å². The minimum Gasteiger partial charge on any atom is -0.469 e. The lowest BCUT2D eigenvalue weighted by atomic mass is 10.1. The van der Waals surface area contributed by atoms with Crippen molar-refractivity contribution in [1.82, 2.24) is 15.0 Å². The number of non-ortho nitro benzene ring substituents is 1. The van der Waals surface area contributed by atoms with E-state index in [1.54, 1.807) is 24.3 Å². The monoisotopic (exact) mass is 363 g/mol. The van der Waals surface area contributed by atoms with E-state index in [1.165, 1.54) is 36.1 Å². The van der Waals surface area contributed by atoms with Gasteiger partial charge in [0.15, 0.2) is 5.69 Å². The van der Waals surface area contributed by atoms with Crippen molar-refractivity contribution in [1.29, 1.82) is 5.26 Å². The van der Waals surface area contributed by atoms with Crippen molar-refractivity contribution in [2.45, 2.75) is 6.42 Å². The standard InChI is InChI=1S/C18H13N5O4/c1-27-17(24)10-13-4-2-3-5-15(13)22-16(11-19)18(20-21-22)12-6-8-14(9-7-12)23(25)26/h2-9H,10H2,1H3. The fourth-order valence-corrected chi connectivity index (χ4v) is 2.58. The van der Waals surface area contributed by atoms with Gasteiger partial charge in [0.2, 0.25) is 0 Å². The van der Waals surface area contributed by atoms with Gasteiger partial charge in [-0.1, -0.05) is 23.4 Å². The number of carbonyl (C=O) groups is 1. The Bertz CT molecular complexity index is 1050. The maximum Gasteiger partial charge on any atom is 0.310 e. The Hall–Kier alpha value is -4.06. The van der Waals surface area contributed by atoms with Crippen molar-refractivity contribution < 1.29 is 14.5 Å². The number of aromatic nitrogens is 3. The third kappa shape index (κ3) is 3.50. The van der Waals surface area contributed by atoms with Crippen molar-refractivity contribution in [2.75, 3.05) is 7.11 Å². The minimum atomic E-state index is -0.505. The summed E-state index contributed by atoms with van der Waals surface area (Å²) in [7, 11) is 1.30. The molecule has 0 saturated carbocycles. The first-order valence-corrected chi connectivity index (χ1v) is 7.81. The molecule has 0 fully saturated rings. The first kappa shape index (κ1) is 17.8. The number of nitro benzene ring substituents is 1. The number of hydrogen-bond acceptors (Lipinski definition) is 7. The quantitative estimate of drug-likeness (QED) is 0.387. The average molecular weight is 363 g/mol. The minimum absolute atomic E-state index is 0.0181. The molecule has 0 radical (unpaired) electrons. The number of ether oxygens (including phenoxy) is 1. The van der Waals surface area contributed by atoms with Crippen LogP contribution in [-0.2, 0) is 16.0 Å². The molecular formula is C18H13N5O4. The number of rotatable bonds is 5. The van der Waals surface area contributed by atoms with Crippen LogP contribution in [0.3, 0.4) is 0 Å². The van der Waals surface area contributed by atoms with Gasteiger partial charge in [-0.05, 0) is 23.8 Å². The van der Waals surface area contributed by atoms with Crippen LogP contribution in [0.15, 0.2) is 48.5 Å². The van der Waals surface area contributed by atoms with Crippen LogP contribution in [0.2, 0.25) is 0 Å². The summed E-state index contributed by atoms with van der Waals surface area (Å²) in [4.78, 5) is 21.9. The Morgan fingerprint density at radius 2 is 1.96 bits per heavy atom. The van der Waals surface area contributed by atoms with Gasteiger partial charge in [-0.25, -0.2) is 4.68 Å². The Morgan fingerprint density at radius 1 is 1.26 bits per heavy atom. The van der Waals surface area contributed by atoms with Crippen molar-refractivity contribution in [3.8, 4) is 23.0 Å². The molecule has 0 unspecified atom stereocenters. The van der Waals surface area contributed by atoms with Crippen molar-refractivity contribution in [3.63, 3.8) is 0 Å². The van der Waals surface area contributed by atoms with Gasteiger partial charge in [-0.2, -0.15) is 5.26 Å². The van der Waals surface area contributed by atoms with Crippen LogP contribution in [0.1, 0.15) is 11.3 Å². The summed E-state index contributed by atoms with van der Waals surface area (Å²) in [5, 5.41) is 28.5. The van der Waals surface area contributed by atoms with Crippen LogP contribution >= 0.6 is 0 Å². The third-order valence-electron chi connectivity index (χ3n) is 3.91. The molecule has 0 N–H and O–H groups in total. The number of hydrogen-bond donors (Lipinski definition) is 0. The maximum absolute atomic E-state index is 11.6. The van der Waals surface area contributed by atoms with Crippen LogP contribution in [0.5, 0.6) is 0 Å². The lowest BCUT2D eigenvalue weighted by Crippen LogP contribution is -2.10. The summed E-state index contributed by atoms with van der Waals surface area (Å²) in [6.45, 7) is 0. The van der Waals surface area contributed by atoms with Gasteiger partial charge in [-0.15, -0.1) is 5.10 Å². The molecule has 0 bridgehead atoms. The van der Waals surface area contributed by atoms with Crippen molar-refractivity contribution in [3.05, 3.63) is 69.9 Å². The van der Waals surface area contributed by atoms with Crippen LogP contribution in [-0.4, -0.2) is 33.0 Å². The smallest absolute Gasteiger partial charge is 0.310 e. The highest BCUT2D eigenvalue weighted by Gasteiger charge is 2.19. The van der Waals surface area contributed by atoms with Gasteiger partial charge in [0.1, 0.15) is 11.8 Å². The van der Waals surface area contributed by atoms with E-state index < -0.39 is 10.9 Å². The average Bonchev–Trinajstić information content (AvgIpc) is 3.12. The molecule has 27 heavy (non-hydrogen) atoms. The molecule has 0 aliphatic heterocycles. The Balaban J connectivity index is 2.06. The highest BCUT2D eigenvalue weighted by molar-refractivity contribution is 5.74. The normalized spacial score (nSPS) is 10.2. The van der Waals surface area contributed by atoms with E-state index in [-0.39, 0.29) is 17.8 Å². The first-order valence-electron chi connectivity index (χ1n) is 7.81. The molecule has 1 aromatic heterocycles. The maximum atomic E-state index is 11.6. The number of nitro groups is 1. The molecule has 0 amide bonds. The third-order valence-corrected chi connectivity index (χ3v) is 3.91. The summed E-state index contributed by atoms with van der Waals surface area (Å²) in [5.74, 6) is -0.420. The summed E-state index contributed by atoms with van der Waals surface area (Å²) >= 11 is 0. The number of para-hydroxylation sites is 1. The van der Waals surface area contributed by atoms with E-state index in [4.69, 9.17) is 4.74 Å². The zero-order valence-corrected chi connectivity index (χ0v) is 14.2. The summed E-state index contributed by atoms with van der Waals surface area (Å²) < 4.78 is 6.04. The van der Waals surface area contributed by atoms with Crippen LogP contribution in [0.4, 0.5) is 5.69 Å². The van der Waals surface area contributed by atoms with Crippen LogP contribution < -0.4 is 0 Å². The van der Waals surface area contributed by atoms with E-state index in [0.29, 0.717) is 22.5 Å². The molecule has 0 atom stereocenters. The zero-order chi connectivity index (χ0) is 19.4. The summed E-state index contributed by atoms with van der Waals surface area (Å²) in [6, 6.07) is 14.7. The van der Waals surface area contributed by atoms with Gasteiger partial charge in [0.05, 0.1) is 24.1 Å². The van der Waals surface area contributed by atoms with E-state index in [0.717, 1.165) is 0 Å². The summed E-state index contributed by atoms with van der Waals surface area (Å²) in [5.41, 5.74) is 2.06. The predicted octanol–water partition coefficient (Wildman–Crippen LogP) is 2.43. The number of carbonyl (C=O) groups excluding carboxylic acids is 1. The molecule has 3 rings (SSSR count). The highest BCUT2D eigenvalue weighted by Crippen LogP contribution is 2.26. The molecule has 0 aliphatic carbocycles. The van der Waals surface area contributed by atoms with Crippen LogP contribution in [0, 0.1) is 21.4 Å². The first-order chi connectivity index (χ1) is 13.0. The molecule has 0 spiro atoms. The van der Waals surface area contributed by atoms with Gasteiger partial charge < -0.3 is 4.74 Å². The van der Waals surface area contributed by atoms with Gasteiger partial charge >= 0.3 is 5.97 Å². The molecule has 134 valence electrons. The second-order valence-electron chi connectivity index (χ2n) is 5.50. The predicted molar refractivity (Wildman–Crippen MR) is 93.9 cm³/mol. The van der Waals surface area contributed by atoms with Crippen LogP contribution in [0.25, 0.3) is 16.9 Å². The summed E-state index contributed by atoms with van der Waals surface area (Å²) in [6.07, 6.45) is 0.0181. The molecule has 0 saturated heterocycles. The second-order valence-corrected chi connectivity index (χ2v) is 5.50. The largest absolute Gasteiger partial charge is 0.469 e. The van der Waals surface area contributed by atoms with E-state index in [1.807, 2.05) is 0 Å². The Morgan fingerprint density at radius 3 is 2.59 bits per heavy atom. The molecule has 1 heterocycles. The topological polar surface area (TPSA) is 124 Å². The second kappa shape index (κ2) is 7.45.